The van der Waals surface area contributed by atoms with Crippen LogP contribution >= 0.6 is 11.3 Å². The van der Waals surface area contributed by atoms with Crippen LogP contribution in [0, 0.1) is 0 Å². The molecule has 3 aliphatic rings. The number of thiophene rings is 1. The second-order valence-corrected chi connectivity index (χ2v) is 8.74. The second-order valence-electron chi connectivity index (χ2n) is 7.96. The van der Waals surface area contributed by atoms with E-state index in [-0.39, 0.29) is 36.5 Å². The minimum Gasteiger partial charge on any atom is -0.335 e. The molecule has 4 amide bonds. The number of rotatable bonds is 4. The van der Waals surface area contributed by atoms with Gasteiger partial charge in [-0.15, -0.1) is 0 Å². The van der Waals surface area contributed by atoms with E-state index in [0.717, 1.165) is 38.8 Å². The summed E-state index contributed by atoms with van der Waals surface area (Å²) in [5.41, 5.74) is 1.22. The van der Waals surface area contributed by atoms with Crippen molar-refractivity contribution in [3.8, 4) is 0 Å². The van der Waals surface area contributed by atoms with Crippen molar-refractivity contribution in [3.05, 3.63) is 22.4 Å². The molecule has 4 rings (SSSR count). The van der Waals surface area contributed by atoms with Crippen LogP contribution in [0.2, 0.25) is 0 Å². The Morgan fingerprint density at radius 2 is 2.04 bits per heavy atom. The van der Waals surface area contributed by atoms with E-state index in [1.54, 1.807) is 21.1 Å². The molecule has 8 heteroatoms. The lowest BCUT2D eigenvalue weighted by atomic mass is 10.1. The highest BCUT2D eigenvalue weighted by Crippen LogP contribution is 2.31. The highest BCUT2D eigenvalue weighted by Gasteiger charge is 2.52. The molecule has 7 nitrogen and oxygen atoms in total. The fourth-order valence-electron chi connectivity index (χ4n) is 4.65. The first-order valence-electron chi connectivity index (χ1n) is 10.2. The van der Waals surface area contributed by atoms with Crippen molar-refractivity contribution >= 4 is 29.2 Å². The maximum Gasteiger partial charge on any atom is 0.320 e. The van der Waals surface area contributed by atoms with Gasteiger partial charge in [0.05, 0.1) is 12.6 Å². The zero-order valence-corrected chi connectivity index (χ0v) is 17.1. The van der Waals surface area contributed by atoms with E-state index in [9.17, 15) is 14.4 Å². The Kier molecular flexibility index (Phi) is 5.57. The van der Waals surface area contributed by atoms with Crippen molar-refractivity contribution in [1.29, 1.82) is 0 Å². The molecule has 0 aliphatic carbocycles. The minimum atomic E-state index is -0.495. The second kappa shape index (κ2) is 8.11. The Morgan fingerprint density at radius 1 is 1.25 bits per heavy atom. The van der Waals surface area contributed by atoms with Gasteiger partial charge in [0.25, 0.3) is 0 Å². The van der Waals surface area contributed by atoms with Crippen LogP contribution in [0.3, 0.4) is 0 Å². The number of carbonyl (C=O) groups is 3. The van der Waals surface area contributed by atoms with Gasteiger partial charge in [0.2, 0.25) is 0 Å². The molecule has 1 aromatic heterocycles. The van der Waals surface area contributed by atoms with Crippen molar-refractivity contribution in [2.45, 2.75) is 57.2 Å². The van der Waals surface area contributed by atoms with Crippen LogP contribution in [-0.2, 0) is 11.2 Å². The molecule has 28 heavy (non-hydrogen) atoms. The fourth-order valence-corrected chi connectivity index (χ4v) is 5.33. The zero-order valence-electron chi connectivity index (χ0n) is 16.3. The van der Waals surface area contributed by atoms with Crippen LogP contribution in [0.5, 0.6) is 0 Å². The van der Waals surface area contributed by atoms with E-state index >= 15 is 0 Å². The highest BCUT2D eigenvalue weighted by atomic mass is 32.1. The van der Waals surface area contributed by atoms with Gasteiger partial charge in [-0.2, -0.15) is 11.3 Å². The standard InChI is InChI=1S/C20H28N4O3S/c1-2-15(11-14-6-10-28-13-14)21-19(26)23-9-5-16-18(23)17(25)12-24(16)20(27)22-7-3-4-8-22/h6,10,13,15-16,18H,2-5,7-9,11-12H2,1H3,(H,21,26)/t15?,16-,18+/m1/s1. The number of Topliss-reactive ketones (excluding diaryl/α,β-unsaturated/α-hetero) is 1. The van der Waals surface area contributed by atoms with Gasteiger partial charge in [0, 0.05) is 25.7 Å². The van der Waals surface area contributed by atoms with Crippen molar-refractivity contribution in [3.63, 3.8) is 0 Å². The predicted molar refractivity (Wildman–Crippen MR) is 107 cm³/mol. The van der Waals surface area contributed by atoms with Crippen molar-refractivity contribution in [2.24, 2.45) is 0 Å². The number of nitrogens with zero attached hydrogens (tertiary/aromatic N) is 3. The lowest BCUT2D eigenvalue weighted by molar-refractivity contribution is -0.119. The first-order chi connectivity index (χ1) is 13.6. The molecule has 0 bridgehead atoms. The number of hydrogen-bond acceptors (Lipinski definition) is 4. The van der Waals surface area contributed by atoms with Gasteiger partial charge in [-0.05, 0) is 54.5 Å². The molecule has 3 atom stereocenters. The first kappa shape index (κ1) is 19.2. The molecule has 0 radical (unpaired) electrons. The van der Waals surface area contributed by atoms with Crippen LogP contribution < -0.4 is 5.32 Å². The van der Waals surface area contributed by atoms with E-state index in [4.69, 9.17) is 0 Å². The Balaban J connectivity index is 1.40. The molecule has 1 N–H and O–H groups in total. The molecule has 1 aromatic rings. The molecule has 4 heterocycles. The topological polar surface area (TPSA) is 73.0 Å². The molecule has 152 valence electrons. The summed E-state index contributed by atoms with van der Waals surface area (Å²) >= 11 is 1.65. The lowest BCUT2D eigenvalue weighted by Crippen LogP contribution is -2.51. The van der Waals surface area contributed by atoms with Crippen molar-refractivity contribution < 1.29 is 14.4 Å². The third-order valence-electron chi connectivity index (χ3n) is 6.19. The third kappa shape index (κ3) is 3.62. The Morgan fingerprint density at radius 3 is 2.71 bits per heavy atom. The lowest BCUT2D eigenvalue weighted by Gasteiger charge is -2.28. The van der Waals surface area contributed by atoms with Gasteiger partial charge < -0.3 is 20.0 Å². The van der Waals surface area contributed by atoms with E-state index < -0.39 is 6.04 Å². The average molecular weight is 405 g/mol. The summed E-state index contributed by atoms with van der Waals surface area (Å²) in [5.74, 6) is -0.0175. The smallest absolute Gasteiger partial charge is 0.320 e. The SMILES string of the molecule is CCC(Cc1ccsc1)NC(=O)N1CC[C@@H]2[C@H]1C(=O)CN2C(=O)N1CCCC1. The molecule has 0 spiro atoms. The quantitative estimate of drug-likeness (QED) is 0.837. The van der Waals surface area contributed by atoms with E-state index in [2.05, 4.69) is 23.7 Å². The summed E-state index contributed by atoms with van der Waals surface area (Å²) in [6.45, 7) is 4.24. The van der Waals surface area contributed by atoms with E-state index in [1.165, 1.54) is 5.56 Å². The summed E-state index contributed by atoms with van der Waals surface area (Å²) in [6.07, 6.45) is 4.35. The number of nitrogens with one attached hydrogen (secondary N) is 1. The van der Waals surface area contributed by atoms with Crippen molar-refractivity contribution in [1.82, 2.24) is 20.0 Å². The molecule has 1 unspecified atom stereocenters. The summed E-state index contributed by atoms with van der Waals surface area (Å²) in [6, 6.07) is 1.23. The average Bonchev–Trinajstić information content (AvgIpc) is 3.46. The highest BCUT2D eigenvalue weighted by molar-refractivity contribution is 7.07. The van der Waals surface area contributed by atoms with Crippen LogP contribution in [-0.4, -0.2) is 76.8 Å². The van der Waals surface area contributed by atoms with Crippen LogP contribution in [0.1, 0.15) is 38.2 Å². The van der Waals surface area contributed by atoms with E-state index in [1.807, 2.05) is 10.3 Å². The summed E-state index contributed by atoms with van der Waals surface area (Å²) in [7, 11) is 0. The number of urea groups is 2. The summed E-state index contributed by atoms with van der Waals surface area (Å²) in [4.78, 5) is 43.6. The summed E-state index contributed by atoms with van der Waals surface area (Å²) in [5, 5.41) is 7.24. The van der Waals surface area contributed by atoms with Crippen LogP contribution in [0.4, 0.5) is 9.59 Å². The fraction of sp³-hybridized carbons (Fsp3) is 0.650. The van der Waals surface area contributed by atoms with Gasteiger partial charge in [0.1, 0.15) is 6.04 Å². The third-order valence-corrected chi connectivity index (χ3v) is 6.92. The first-order valence-corrected chi connectivity index (χ1v) is 11.2. The number of amides is 4. The number of carbonyl (C=O) groups excluding carboxylic acids is 3. The number of ketones is 1. The Labute approximate surface area is 169 Å². The number of fused-ring (bicyclic) bond motifs is 1. The maximum absolute atomic E-state index is 12.9. The van der Waals surface area contributed by atoms with E-state index in [0.29, 0.717) is 13.0 Å². The van der Waals surface area contributed by atoms with Gasteiger partial charge in [-0.25, -0.2) is 9.59 Å². The van der Waals surface area contributed by atoms with Gasteiger partial charge in [-0.1, -0.05) is 6.92 Å². The molecule has 3 fully saturated rings. The largest absolute Gasteiger partial charge is 0.335 e. The Hall–Kier alpha value is -2.09. The maximum atomic E-state index is 12.9. The Bertz CT molecular complexity index is 732. The summed E-state index contributed by atoms with van der Waals surface area (Å²) < 4.78 is 0. The molecular formula is C20H28N4O3S. The normalized spacial score (nSPS) is 25.3. The van der Waals surface area contributed by atoms with Crippen LogP contribution in [0.15, 0.2) is 16.8 Å². The number of hydrogen-bond donors (Lipinski definition) is 1. The molecule has 3 saturated heterocycles. The minimum absolute atomic E-state index is 0.0175. The molecular weight excluding hydrogens is 376 g/mol. The molecule has 0 aromatic carbocycles. The molecule has 3 aliphatic heterocycles. The van der Waals surface area contributed by atoms with Gasteiger partial charge in [-0.3, -0.25) is 4.79 Å². The molecule has 0 saturated carbocycles. The van der Waals surface area contributed by atoms with Gasteiger partial charge in [0.15, 0.2) is 5.78 Å². The van der Waals surface area contributed by atoms with Crippen molar-refractivity contribution in [2.75, 3.05) is 26.2 Å². The predicted octanol–water partition coefficient (Wildman–Crippen LogP) is 2.32. The van der Waals surface area contributed by atoms with Gasteiger partial charge >= 0.3 is 12.1 Å². The monoisotopic (exact) mass is 404 g/mol. The zero-order chi connectivity index (χ0) is 19.7. The van der Waals surface area contributed by atoms with Crippen LogP contribution in [0.25, 0.3) is 0 Å². The number of likely N-dealkylation sites (tertiary alicyclic amines) is 3.